The predicted molar refractivity (Wildman–Crippen MR) is 311 cm³/mol. The maximum absolute atomic E-state index is 15.0. The Kier molecular flexibility index (Phi) is 27.4. The molecule has 25 nitrogen and oxygen atoms in total. The molecule has 16 N–H and O–H groups in total. The molecule has 1 aliphatic rings. The van der Waals surface area contributed by atoms with E-state index in [0.717, 1.165) is 0 Å². The zero-order valence-corrected chi connectivity index (χ0v) is 49.3. The number of aromatic amines is 1. The first-order valence-electron chi connectivity index (χ1n) is 28.7. The molecule has 0 aliphatic carbocycles. The van der Waals surface area contributed by atoms with Crippen molar-refractivity contribution < 1.29 is 57.8 Å². The largest absolute Gasteiger partial charge is 0.496 e. The summed E-state index contributed by atoms with van der Waals surface area (Å²) in [5, 5.41) is 38.0. The number of methoxy groups -OCH3 is 1. The predicted octanol–water partition coefficient (Wildman–Crippen LogP) is -0.529. The molecule has 83 heavy (non-hydrogen) atoms. The lowest BCUT2D eigenvalue weighted by Crippen LogP contribution is -2.62. The van der Waals surface area contributed by atoms with E-state index in [1.807, 2.05) is 13.8 Å². The van der Waals surface area contributed by atoms with Crippen LogP contribution in [0, 0.1) is 17.8 Å². The number of carbonyl (C=O) groups excluding carboxylic acids is 10. The molecular weight excluding hydrogens is 1070 g/mol. The van der Waals surface area contributed by atoms with E-state index < -0.39 is 138 Å². The van der Waals surface area contributed by atoms with Crippen LogP contribution in [-0.4, -0.2) is 156 Å². The molecule has 1 saturated heterocycles. The average Bonchev–Trinajstić information content (AvgIpc) is 3.97. The monoisotopic (exact) mass is 1160 g/mol. The summed E-state index contributed by atoms with van der Waals surface area (Å²) in [4.78, 5) is 146. The van der Waals surface area contributed by atoms with Crippen LogP contribution in [0.3, 0.4) is 0 Å². The van der Waals surface area contributed by atoms with E-state index in [0.29, 0.717) is 47.0 Å². The Labute approximate surface area is 485 Å². The summed E-state index contributed by atoms with van der Waals surface area (Å²) in [5.74, 6) is -9.00. The molecule has 2 heterocycles. The number of aliphatic hydroxyl groups excluding tert-OH is 1. The summed E-state index contributed by atoms with van der Waals surface area (Å²) in [6.45, 7) is 12.7. The smallest absolute Gasteiger partial charge is 0.245 e. The van der Waals surface area contributed by atoms with Gasteiger partial charge in [0.05, 0.1) is 19.8 Å². The van der Waals surface area contributed by atoms with Crippen molar-refractivity contribution in [3.8, 4) is 5.75 Å². The summed E-state index contributed by atoms with van der Waals surface area (Å²) in [6, 6.07) is 1.87. The number of hydrogen-bond donors (Lipinski definition) is 14. The highest BCUT2D eigenvalue weighted by molar-refractivity contribution is 6.00. The van der Waals surface area contributed by atoms with Crippen LogP contribution in [0.5, 0.6) is 5.75 Å². The fraction of sp³-hybridized carbons (Fsp3) is 0.586. The van der Waals surface area contributed by atoms with Crippen LogP contribution in [0.2, 0.25) is 0 Å². The molecule has 1 aliphatic heterocycles. The number of rotatable bonds is 18. The lowest BCUT2D eigenvalue weighted by atomic mass is 9.96. The Balaban J connectivity index is 1.86. The number of nitrogens with one attached hydrogen (secondary N) is 11. The normalized spacial score (nSPS) is 24.6. The van der Waals surface area contributed by atoms with Gasteiger partial charge in [0.1, 0.15) is 60.1 Å². The highest BCUT2D eigenvalue weighted by atomic mass is 16.5. The number of nitrogens with two attached hydrogens (primary N) is 2. The number of ether oxygens (including phenoxy) is 1. The zero-order chi connectivity index (χ0) is 61.5. The number of aliphatic hydroxyl groups is 1. The zero-order valence-electron chi connectivity index (χ0n) is 49.3. The Morgan fingerprint density at radius 3 is 1.71 bits per heavy atom. The summed E-state index contributed by atoms with van der Waals surface area (Å²) < 4.78 is 5.69. The van der Waals surface area contributed by atoms with Gasteiger partial charge in [-0.15, -0.1) is 0 Å². The second-order valence-corrected chi connectivity index (χ2v) is 22.1. The quantitative estimate of drug-likeness (QED) is 0.0713. The minimum Gasteiger partial charge on any atom is -0.496 e. The summed E-state index contributed by atoms with van der Waals surface area (Å²) in [6.07, 6.45) is 1.49. The van der Waals surface area contributed by atoms with Gasteiger partial charge in [-0.25, -0.2) is 0 Å². The fourth-order valence-electron chi connectivity index (χ4n) is 9.49. The third-order valence-electron chi connectivity index (χ3n) is 14.5. The van der Waals surface area contributed by atoms with Crippen LogP contribution >= 0.6 is 0 Å². The lowest BCUT2D eigenvalue weighted by molar-refractivity contribution is -0.137. The minimum absolute atomic E-state index is 0.0193. The molecule has 1 aromatic heterocycles. The number of benzene rings is 2. The standard InChI is InChI=1S/C58H89N13O12/c1-10-33(6)48-58(82)63-34(7)50(74)71-49(35(8)72)56(80)62-30-45(73)64-39(20-14-15-24-59)51(75)67-42(27-36-18-12-11-13-19-36)53(77)68-43(28-37-29-61-38-21-16-23-44(83-9)46(37)38)55(79)69-47(32(4)5)57(81)65-40(22-17-25-60)52(76)66-41(26-31(2)3)54(78)70-48/h11-13,16,18-19,21,23,29,31-35,39-43,47-49,61,72H,10,14-15,17,20,22,24-28,30,59-60H2,1-9H3,(H,62,80)(H,63,82)(H,64,73)(H,65,81)(H,66,76)(H,67,75)(H,68,77)(H,69,79)(H,70,78)(H,71,74)/t33-,34-,35+,39-,40-,41-,42-,43-,47-,48-,49-/m0/s1. The Morgan fingerprint density at radius 2 is 1.11 bits per heavy atom. The van der Waals surface area contributed by atoms with E-state index in [9.17, 15) is 53.1 Å². The number of aromatic nitrogens is 1. The molecule has 0 radical (unpaired) electrons. The average molecular weight is 1160 g/mol. The van der Waals surface area contributed by atoms with Crippen molar-refractivity contribution in [3.63, 3.8) is 0 Å². The lowest BCUT2D eigenvalue weighted by Gasteiger charge is -2.30. The van der Waals surface area contributed by atoms with Crippen LogP contribution in [0.15, 0.2) is 54.7 Å². The molecule has 11 atom stereocenters. The van der Waals surface area contributed by atoms with Crippen molar-refractivity contribution in [2.45, 2.75) is 174 Å². The van der Waals surface area contributed by atoms with Crippen molar-refractivity contribution >= 4 is 70.0 Å². The maximum atomic E-state index is 15.0. The summed E-state index contributed by atoms with van der Waals surface area (Å²) in [5.41, 5.74) is 13.5. The van der Waals surface area contributed by atoms with Gasteiger partial charge in [0.25, 0.3) is 0 Å². The molecule has 10 amide bonds. The Hall–Kier alpha value is -7.64. The maximum Gasteiger partial charge on any atom is 0.245 e. The third kappa shape index (κ3) is 20.6. The number of H-pyrrole nitrogens is 1. The van der Waals surface area contributed by atoms with Crippen LogP contribution in [0.4, 0.5) is 0 Å². The van der Waals surface area contributed by atoms with Crippen molar-refractivity contribution in [1.82, 2.24) is 58.2 Å². The first kappa shape index (κ1) is 67.9. The molecule has 0 spiro atoms. The van der Waals surface area contributed by atoms with Gasteiger partial charge in [0, 0.05) is 29.9 Å². The van der Waals surface area contributed by atoms with Crippen molar-refractivity contribution in [2.24, 2.45) is 29.2 Å². The third-order valence-corrected chi connectivity index (χ3v) is 14.5. The number of amides is 10. The molecule has 4 rings (SSSR count). The molecule has 0 bridgehead atoms. The number of hydrogen-bond acceptors (Lipinski definition) is 14. The second-order valence-electron chi connectivity index (χ2n) is 22.1. The summed E-state index contributed by atoms with van der Waals surface area (Å²) >= 11 is 0. The first-order chi connectivity index (χ1) is 39.4. The number of unbranched alkanes of at least 4 members (excludes halogenated alkanes) is 1. The van der Waals surface area contributed by atoms with E-state index in [4.69, 9.17) is 16.2 Å². The van der Waals surface area contributed by atoms with Gasteiger partial charge in [0.15, 0.2) is 0 Å². The fourth-order valence-corrected chi connectivity index (χ4v) is 9.49. The van der Waals surface area contributed by atoms with Crippen molar-refractivity contribution in [2.75, 3.05) is 26.7 Å². The Bertz CT molecular complexity index is 2680. The van der Waals surface area contributed by atoms with Crippen LogP contribution < -0.4 is 69.4 Å². The molecular formula is C58H89N13O12. The molecule has 0 saturated carbocycles. The summed E-state index contributed by atoms with van der Waals surface area (Å²) in [7, 11) is 1.49. The van der Waals surface area contributed by atoms with Crippen LogP contribution in [0.1, 0.15) is 111 Å². The topological polar surface area (TPSA) is 388 Å². The van der Waals surface area contributed by atoms with Crippen LogP contribution in [-0.2, 0) is 60.8 Å². The molecule has 2 aromatic carbocycles. The van der Waals surface area contributed by atoms with Crippen molar-refractivity contribution in [3.05, 3.63) is 65.9 Å². The van der Waals surface area contributed by atoms with E-state index in [2.05, 4.69) is 58.2 Å². The van der Waals surface area contributed by atoms with Gasteiger partial charge >= 0.3 is 0 Å². The van der Waals surface area contributed by atoms with Gasteiger partial charge in [-0.2, -0.15) is 0 Å². The molecule has 3 aromatic rings. The van der Waals surface area contributed by atoms with E-state index in [1.54, 1.807) is 82.4 Å². The van der Waals surface area contributed by atoms with Gasteiger partial charge in [-0.1, -0.05) is 84.4 Å². The molecule has 1 fully saturated rings. The SMILES string of the molecule is CC[C@H](C)[C@@H]1NC(=O)[C@H](CC(C)C)NC(=O)[C@H](CCCN)NC(=O)[C@H](C(C)C)NC(=O)[C@H](Cc2c[nH]c3cccc(OC)c23)NC(=O)[C@H](Cc2ccccc2)NC(=O)[C@H](CCCCN)NC(=O)CNC(=O)[C@H]([C@@H](C)O)NC(=O)[C@H](C)NC1=O. The van der Waals surface area contributed by atoms with Gasteiger partial charge in [0.2, 0.25) is 59.1 Å². The molecule has 0 unspecified atom stereocenters. The second kappa shape index (κ2) is 33.5. The van der Waals surface area contributed by atoms with Crippen molar-refractivity contribution in [1.29, 1.82) is 0 Å². The number of carbonyl (C=O) groups is 10. The number of fused-ring (bicyclic) bond motifs is 1. The van der Waals surface area contributed by atoms with E-state index >= 15 is 0 Å². The molecule has 25 heteroatoms. The minimum atomic E-state index is -1.64. The van der Waals surface area contributed by atoms with Crippen LogP contribution in [0.25, 0.3) is 10.9 Å². The first-order valence-corrected chi connectivity index (χ1v) is 28.7. The van der Waals surface area contributed by atoms with E-state index in [1.165, 1.54) is 21.0 Å². The van der Waals surface area contributed by atoms with Gasteiger partial charge < -0.3 is 79.5 Å². The molecule has 458 valence electrons. The van der Waals surface area contributed by atoms with Gasteiger partial charge in [-0.05, 0) is 106 Å². The van der Waals surface area contributed by atoms with E-state index in [-0.39, 0.29) is 57.5 Å². The highest BCUT2D eigenvalue weighted by Gasteiger charge is 2.38. The van der Waals surface area contributed by atoms with Gasteiger partial charge in [-0.3, -0.25) is 47.9 Å². The Morgan fingerprint density at radius 1 is 0.566 bits per heavy atom. The highest BCUT2D eigenvalue weighted by Crippen LogP contribution is 2.29.